The van der Waals surface area contributed by atoms with Crippen LogP contribution in [0.4, 0.5) is 21.0 Å². The predicted octanol–water partition coefficient (Wildman–Crippen LogP) is 1.77. The van der Waals surface area contributed by atoms with Crippen molar-refractivity contribution in [3.63, 3.8) is 0 Å². The average molecular weight is 461 g/mol. The van der Waals surface area contributed by atoms with Gasteiger partial charge in [-0.05, 0) is 48.5 Å². The van der Waals surface area contributed by atoms with Gasteiger partial charge in [-0.15, -0.1) is 0 Å². The summed E-state index contributed by atoms with van der Waals surface area (Å²) in [6.07, 6.45) is 0. The maximum atomic E-state index is 12.7. The summed E-state index contributed by atoms with van der Waals surface area (Å²) < 4.78 is 0. The van der Waals surface area contributed by atoms with Crippen LogP contribution < -0.4 is 21.3 Å². The number of urea groups is 2. The number of hydrogen-bond donors (Lipinski definition) is 4. The van der Waals surface area contributed by atoms with Gasteiger partial charge in [0, 0.05) is 61.8 Å². The number of rotatable bonds is 4. The van der Waals surface area contributed by atoms with E-state index in [9.17, 15) is 9.59 Å². The van der Waals surface area contributed by atoms with Crippen LogP contribution in [0.1, 0.15) is 11.1 Å². The van der Waals surface area contributed by atoms with Crippen LogP contribution in [0.3, 0.4) is 0 Å². The van der Waals surface area contributed by atoms with E-state index >= 15 is 0 Å². The number of carbonyl (C=O) groups is 2. The van der Waals surface area contributed by atoms with Crippen molar-refractivity contribution in [2.24, 2.45) is 9.98 Å². The minimum absolute atomic E-state index is 0.164. The minimum atomic E-state index is -0.164. The number of benzene rings is 2. The van der Waals surface area contributed by atoms with Crippen LogP contribution >= 0.6 is 0 Å². The molecule has 10 nitrogen and oxygen atoms in total. The number of amidine groups is 2. The molecule has 2 aromatic carbocycles. The van der Waals surface area contributed by atoms with Gasteiger partial charge in [-0.25, -0.2) is 9.59 Å². The lowest BCUT2D eigenvalue weighted by Crippen LogP contribution is -2.52. The van der Waals surface area contributed by atoms with E-state index < -0.39 is 0 Å². The van der Waals surface area contributed by atoms with Crippen LogP contribution in [-0.2, 0) is 0 Å². The molecule has 0 unspecified atom stereocenters. The molecule has 1 saturated heterocycles. The second kappa shape index (κ2) is 9.82. The van der Waals surface area contributed by atoms with E-state index in [2.05, 4.69) is 31.3 Å². The highest BCUT2D eigenvalue weighted by molar-refractivity contribution is 6.01. The Labute approximate surface area is 198 Å². The zero-order valence-corrected chi connectivity index (χ0v) is 18.9. The highest BCUT2D eigenvalue weighted by Gasteiger charge is 2.24. The Hall–Kier alpha value is -4.08. The maximum Gasteiger partial charge on any atom is 0.321 e. The molecule has 0 aromatic heterocycles. The topological polar surface area (TPSA) is 113 Å². The summed E-state index contributed by atoms with van der Waals surface area (Å²) in [5.41, 5.74) is 3.48. The molecule has 0 spiro atoms. The highest BCUT2D eigenvalue weighted by atomic mass is 16.2. The lowest BCUT2D eigenvalue weighted by atomic mass is 10.2. The van der Waals surface area contributed by atoms with Gasteiger partial charge in [-0.2, -0.15) is 0 Å². The second-order valence-corrected chi connectivity index (χ2v) is 8.30. The Morgan fingerprint density at radius 1 is 0.647 bits per heavy atom. The largest absolute Gasteiger partial charge is 0.368 e. The molecule has 3 aliphatic heterocycles. The van der Waals surface area contributed by atoms with Crippen molar-refractivity contribution in [1.82, 2.24) is 20.4 Å². The van der Waals surface area contributed by atoms with E-state index in [4.69, 9.17) is 0 Å². The van der Waals surface area contributed by atoms with Gasteiger partial charge in [-0.3, -0.25) is 9.98 Å². The molecule has 176 valence electrons. The zero-order chi connectivity index (χ0) is 23.3. The predicted molar refractivity (Wildman–Crippen MR) is 133 cm³/mol. The van der Waals surface area contributed by atoms with Gasteiger partial charge in [-0.1, -0.05) is 0 Å². The molecule has 0 saturated carbocycles. The van der Waals surface area contributed by atoms with Crippen molar-refractivity contribution in [3.05, 3.63) is 59.7 Å². The quantitative estimate of drug-likeness (QED) is 0.557. The fraction of sp³-hybridized carbons (Fsp3) is 0.333. The molecule has 34 heavy (non-hydrogen) atoms. The van der Waals surface area contributed by atoms with Crippen LogP contribution in [0.5, 0.6) is 0 Å². The van der Waals surface area contributed by atoms with Crippen LogP contribution in [0.2, 0.25) is 0 Å². The molecule has 4 amide bonds. The maximum absolute atomic E-state index is 12.7. The van der Waals surface area contributed by atoms with Gasteiger partial charge in [0.25, 0.3) is 0 Å². The molecule has 10 heteroatoms. The standard InChI is InChI=1S/C24H28N8O2/c33-23(29-19-5-1-17(2-6-19)21-25-9-10-26-21)31-13-15-32(16-14-31)24(34)30-20-7-3-18(4-8-20)22-27-11-12-28-22/h1-8H,9-16H2,(H,25,26)(H,27,28)(H,29,33)(H,30,34). The van der Waals surface area contributed by atoms with Crippen LogP contribution in [0.25, 0.3) is 0 Å². The van der Waals surface area contributed by atoms with Crippen molar-refractivity contribution in [3.8, 4) is 0 Å². The fourth-order valence-corrected chi connectivity index (χ4v) is 4.12. The minimum Gasteiger partial charge on any atom is -0.368 e. The Balaban J connectivity index is 1.09. The average Bonchev–Trinajstić information content (AvgIpc) is 3.60. The number of anilines is 2. The molecular weight excluding hydrogens is 432 g/mol. The van der Waals surface area contributed by atoms with E-state index in [0.717, 1.165) is 60.4 Å². The van der Waals surface area contributed by atoms with Crippen molar-refractivity contribution in [2.75, 3.05) is 63.0 Å². The number of nitrogens with zero attached hydrogens (tertiary/aromatic N) is 4. The third-order valence-corrected chi connectivity index (χ3v) is 6.02. The van der Waals surface area contributed by atoms with E-state index in [1.54, 1.807) is 9.80 Å². The molecule has 0 bridgehead atoms. The van der Waals surface area contributed by atoms with Crippen LogP contribution in [-0.4, -0.2) is 85.9 Å². The molecule has 5 rings (SSSR count). The molecule has 3 aliphatic rings. The van der Waals surface area contributed by atoms with E-state index in [-0.39, 0.29) is 12.1 Å². The summed E-state index contributed by atoms with van der Waals surface area (Å²) in [7, 11) is 0. The second-order valence-electron chi connectivity index (χ2n) is 8.30. The van der Waals surface area contributed by atoms with Gasteiger partial charge in [0.05, 0.1) is 13.1 Å². The van der Waals surface area contributed by atoms with E-state index in [0.29, 0.717) is 26.2 Å². The Bertz CT molecular complexity index is 1010. The van der Waals surface area contributed by atoms with Crippen molar-refractivity contribution < 1.29 is 9.59 Å². The SMILES string of the molecule is O=C(Nc1ccc(C2=NCCN2)cc1)N1CCN(C(=O)Nc2ccc(C3=NCCN3)cc2)CC1. The first-order valence-corrected chi connectivity index (χ1v) is 11.5. The molecule has 4 N–H and O–H groups in total. The summed E-state index contributed by atoms with van der Waals surface area (Å²) in [6.45, 7) is 5.20. The van der Waals surface area contributed by atoms with Crippen LogP contribution in [0, 0.1) is 0 Å². The highest BCUT2D eigenvalue weighted by Crippen LogP contribution is 2.15. The first-order chi connectivity index (χ1) is 16.7. The van der Waals surface area contributed by atoms with Crippen molar-refractivity contribution in [1.29, 1.82) is 0 Å². The zero-order valence-electron chi connectivity index (χ0n) is 18.9. The number of hydrogen-bond acceptors (Lipinski definition) is 6. The molecule has 0 radical (unpaired) electrons. The monoisotopic (exact) mass is 460 g/mol. The first-order valence-electron chi connectivity index (χ1n) is 11.5. The Kier molecular flexibility index (Phi) is 6.28. The lowest BCUT2D eigenvalue weighted by Gasteiger charge is -2.34. The summed E-state index contributed by atoms with van der Waals surface area (Å²) in [4.78, 5) is 37.6. The summed E-state index contributed by atoms with van der Waals surface area (Å²) in [6, 6.07) is 14.9. The van der Waals surface area contributed by atoms with Gasteiger partial charge < -0.3 is 31.1 Å². The van der Waals surface area contributed by atoms with Gasteiger partial charge in [0.2, 0.25) is 0 Å². The van der Waals surface area contributed by atoms with Gasteiger partial charge in [0.15, 0.2) is 0 Å². The van der Waals surface area contributed by atoms with Crippen LogP contribution in [0.15, 0.2) is 58.5 Å². The van der Waals surface area contributed by atoms with Gasteiger partial charge in [0.1, 0.15) is 11.7 Å². The molecule has 0 aliphatic carbocycles. The molecule has 1 fully saturated rings. The molecular formula is C24H28N8O2. The fourth-order valence-electron chi connectivity index (χ4n) is 4.12. The van der Waals surface area contributed by atoms with E-state index in [1.807, 2.05) is 48.5 Å². The van der Waals surface area contributed by atoms with Crippen molar-refractivity contribution in [2.45, 2.75) is 0 Å². The number of amides is 4. The van der Waals surface area contributed by atoms with Gasteiger partial charge >= 0.3 is 12.1 Å². The molecule has 0 atom stereocenters. The van der Waals surface area contributed by atoms with E-state index in [1.165, 1.54) is 0 Å². The number of carbonyl (C=O) groups excluding carboxylic acids is 2. The lowest BCUT2D eigenvalue weighted by molar-refractivity contribution is 0.156. The number of nitrogens with one attached hydrogen (secondary N) is 4. The normalized spacial score (nSPS) is 17.4. The third kappa shape index (κ3) is 4.95. The summed E-state index contributed by atoms with van der Waals surface area (Å²) in [5, 5.41) is 12.3. The smallest absolute Gasteiger partial charge is 0.321 e. The van der Waals surface area contributed by atoms with Crippen molar-refractivity contribution >= 4 is 35.1 Å². The third-order valence-electron chi connectivity index (χ3n) is 6.02. The molecule has 3 heterocycles. The Morgan fingerprint density at radius 2 is 1.03 bits per heavy atom. The summed E-state index contributed by atoms with van der Waals surface area (Å²) >= 11 is 0. The Morgan fingerprint density at radius 3 is 1.35 bits per heavy atom. The summed E-state index contributed by atoms with van der Waals surface area (Å²) in [5.74, 6) is 1.78. The number of aliphatic imine (C=N–C) groups is 2. The number of piperazine rings is 1. The molecule has 2 aromatic rings. The first kappa shape index (κ1) is 21.7.